The van der Waals surface area contributed by atoms with E-state index < -0.39 is 0 Å². The first-order valence-electron chi connectivity index (χ1n) is 10.1. The van der Waals surface area contributed by atoms with Crippen LogP contribution in [0.5, 0.6) is 0 Å². The highest BCUT2D eigenvalue weighted by Crippen LogP contribution is 2.18. The number of fused-ring (bicyclic) bond motifs is 1. The van der Waals surface area contributed by atoms with Crippen molar-refractivity contribution < 1.29 is 4.79 Å². The van der Waals surface area contributed by atoms with Gasteiger partial charge >= 0.3 is 0 Å². The second-order valence-electron chi connectivity index (χ2n) is 7.09. The molecule has 0 aliphatic rings. The number of carbonyl (C=O) groups is 1. The number of pyridine rings is 3. The van der Waals surface area contributed by atoms with Crippen molar-refractivity contribution in [2.75, 3.05) is 5.32 Å². The Balaban J connectivity index is 1.37. The second-order valence-corrected chi connectivity index (χ2v) is 7.09. The van der Waals surface area contributed by atoms with Crippen LogP contribution in [0.15, 0.2) is 85.8 Å². The molecule has 0 bridgehead atoms. The molecule has 5 aromatic rings. The molecule has 5 aromatic heterocycles. The third-order valence-corrected chi connectivity index (χ3v) is 4.93. The van der Waals surface area contributed by atoms with Gasteiger partial charge in [-0.3, -0.25) is 18.7 Å². The minimum absolute atomic E-state index is 0.259. The number of nitrogens with zero attached hydrogens (tertiary/aromatic N) is 6. The smallest absolute Gasteiger partial charge is 0.271 e. The summed E-state index contributed by atoms with van der Waals surface area (Å²) in [6.45, 7) is 0.896. The van der Waals surface area contributed by atoms with E-state index in [0.717, 1.165) is 22.6 Å². The number of anilines is 1. The molecular formula is C23H20N8O. The third-order valence-electron chi connectivity index (χ3n) is 4.93. The van der Waals surface area contributed by atoms with Gasteiger partial charge in [0, 0.05) is 37.5 Å². The summed E-state index contributed by atoms with van der Waals surface area (Å²) in [7, 11) is 0. The number of hydrogen-bond acceptors (Lipinski definition) is 6. The predicted octanol–water partition coefficient (Wildman–Crippen LogP) is 2.85. The lowest BCUT2D eigenvalue weighted by atomic mass is 10.3. The van der Waals surface area contributed by atoms with Crippen molar-refractivity contribution in [3.8, 4) is 5.95 Å². The van der Waals surface area contributed by atoms with Gasteiger partial charge in [-0.05, 0) is 35.9 Å². The van der Waals surface area contributed by atoms with E-state index in [1.165, 1.54) is 0 Å². The average molecular weight is 424 g/mol. The molecule has 0 aliphatic heterocycles. The van der Waals surface area contributed by atoms with E-state index in [2.05, 4.69) is 25.6 Å². The Morgan fingerprint density at radius 2 is 1.91 bits per heavy atom. The lowest BCUT2D eigenvalue weighted by Gasteiger charge is -2.03. The maximum Gasteiger partial charge on any atom is 0.271 e. The quantitative estimate of drug-likeness (QED) is 0.417. The summed E-state index contributed by atoms with van der Waals surface area (Å²) in [5, 5.41) is 6.15. The maximum atomic E-state index is 12.5. The van der Waals surface area contributed by atoms with Gasteiger partial charge in [-0.1, -0.05) is 18.2 Å². The van der Waals surface area contributed by atoms with Crippen LogP contribution in [-0.2, 0) is 13.1 Å². The van der Waals surface area contributed by atoms with Crippen LogP contribution >= 0.6 is 0 Å². The average Bonchev–Trinajstić information content (AvgIpc) is 3.48. The first kappa shape index (κ1) is 19.4. The van der Waals surface area contributed by atoms with Crippen LogP contribution < -0.4 is 10.6 Å². The zero-order valence-corrected chi connectivity index (χ0v) is 17.1. The number of carbonyl (C=O) groups excluding carboxylic acids is 1. The molecule has 0 fully saturated rings. The lowest BCUT2D eigenvalue weighted by Crippen LogP contribution is -2.23. The summed E-state index contributed by atoms with van der Waals surface area (Å²) >= 11 is 0. The van der Waals surface area contributed by atoms with Gasteiger partial charge < -0.3 is 10.6 Å². The summed E-state index contributed by atoms with van der Waals surface area (Å²) in [5.41, 5.74) is 3.06. The van der Waals surface area contributed by atoms with Crippen LogP contribution in [0.4, 0.5) is 5.82 Å². The van der Waals surface area contributed by atoms with Crippen LogP contribution in [0.3, 0.4) is 0 Å². The van der Waals surface area contributed by atoms with Crippen LogP contribution in [0.25, 0.3) is 11.5 Å². The van der Waals surface area contributed by atoms with E-state index in [1.807, 2.05) is 59.1 Å². The summed E-state index contributed by atoms with van der Waals surface area (Å²) in [6.07, 6.45) is 10.4. The predicted molar refractivity (Wildman–Crippen MR) is 119 cm³/mol. The standard InChI is InChI=1S/C23H20N8O/c32-22(27-13-17-6-5-9-24-12-17)19-15-30(16-28-19)23-29-18(20-7-2-4-11-31(20)23)14-26-21-8-1-3-10-25-21/h1-12,15-16H,13-14H2,(H,25,26)(H,27,32). The molecule has 0 saturated carbocycles. The first-order chi connectivity index (χ1) is 15.8. The molecule has 5 heterocycles. The molecule has 0 unspecified atom stereocenters. The van der Waals surface area contributed by atoms with Crippen molar-refractivity contribution in [2.45, 2.75) is 13.1 Å². The van der Waals surface area contributed by atoms with Gasteiger partial charge in [-0.15, -0.1) is 0 Å². The van der Waals surface area contributed by atoms with E-state index in [1.54, 1.807) is 35.7 Å². The van der Waals surface area contributed by atoms with Gasteiger partial charge in [0.2, 0.25) is 5.95 Å². The topological polar surface area (TPSA) is 102 Å². The Morgan fingerprint density at radius 1 is 0.969 bits per heavy atom. The molecule has 0 aromatic carbocycles. The zero-order chi connectivity index (χ0) is 21.8. The molecule has 158 valence electrons. The van der Waals surface area contributed by atoms with Gasteiger partial charge in [0.1, 0.15) is 17.8 Å². The minimum atomic E-state index is -0.259. The van der Waals surface area contributed by atoms with E-state index in [9.17, 15) is 4.79 Å². The molecule has 0 atom stereocenters. The van der Waals surface area contributed by atoms with Crippen molar-refractivity contribution in [3.63, 3.8) is 0 Å². The van der Waals surface area contributed by atoms with E-state index in [4.69, 9.17) is 4.98 Å². The number of rotatable bonds is 7. The van der Waals surface area contributed by atoms with Gasteiger partial charge in [0.15, 0.2) is 0 Å². The normalized spacial score (nSPS) is 10.9. The molecule has 2 N–H and O–H groups in total. The van der Waals surface area contributed by atoms with Gasteiger partial charge in [-0.2, -0.15) is 0 Å². The summed E-state index contributed by atoms with van der Waals surface area (Å²) < 4.78 is 3.71. The Morgan fingerprint density at radius 3 is 2.75 bits per heavy atom. The largest absolute Gasteiger partial charge is 0.364 e. The molecule has 0 spiro atoms. The van der Waals surface area contributed by atoms with E-state index >= 15 is 0 Å². The highest BCUT2D eigenvalue weighted by atomic mass is 16.1. The van der Waals surface area contributed by atoms with Crippen LogP contribution in [0.1, 0.15) is 21.7 Å². The van der Waals surface area contributed by atoms with Crippen molar-refractivity contribution >= 4 is 17.2 Å². The first-order valence-corrected chi connectivity index (χ1v) is 10.1. The number of imidazole rings is 2. The van der Waals surface area contributed by atoms with Crippen LogP contribution in [-0.4, -0.2) is 34.8 Å². The fourth-order valence-electron chi connectivity index (χ4n) is 3.36. The highest BCUT2D eigenvalue weighted by molar-refractivity contribution is 5.92. The Labute approximate surface area is 183 Å². The molecule has 5 rings (SSSR count). The Hall–Kier alpha value is -4.53. The molecular weight excluding hydrogens is 404 g/mol. The highest BCUT2D eigenvalue weighted by Gasteiger charge is 2.15. The van der Waals surface area contributed by atoms with Crippen LogP contribution in [0.2, 0.25) is 0 Å². The maximum absolute atomic E-state index is 12.5. The molecule has 32 heavy (non-hydrogen) atoms. The van der Waals surface area contributed by atoms with Crippen LogP contribution in [0, 0.1) is 0 Å². The van der Waals surface area contributed by atoms with Gasteiger partial charge in [0.05, 0.1) is 17.8 Å². The Kier molecular flexibility index (Phi) is 5.27. The van der Waals surface area contributed by atoms with Gasteiger partial charge in [-0.25, -0.2) is 15.0 Å². The molecule has 0 radical (unpaired) electrons. The fraction of sp³-hybridized carbons (Fsp3) is 0.0870. The zero-order valence-electron chi connectivity index (χ0n) is 17.1. The molecule has 9 nitrogen and oxygen atoms in total. The van der Waals surface area contributed by atoms with Crippen molar-refractivity contribution in [1.29, 1.82) is 0 Å². The molecule has 9 heteroatoms. The molecule has 0 aliphatic carbocycles. The molecule has 1 amide bonds. The summed E-state index contributed by atoms with van der Waals surface area (Å²) in [5.74, 6) is 1.17. The van der Waals surface area contributed by atoms with E-state index in [-0.39, 0.29) is 5.91 Å². The minimum Gasteiger partial charge on any atom is -0.364 e. The number of nitrogens with one attached hydrogen (secondary N) is 2. The Bertz CT molecular complexity index is 1340. The molecule has 0 saturated heterocycles. The second kappa shape index (κ2) is 8.68. The van der Waals surface area contributed by atoms with Crippen molar-refractivity contribution in [3.05, 3.63) is 103 Å². The van der Waals surface area contributed by atoms with Crippen molar-refractivity contribution in [2.24, 2.45) is 0 Å². The van der Waals surface area contributed by atoms with Gasteiger partial charge in [0.25, 0.3) is 5.91 Å². The number of hydrogen-bond donors (Lipinski definition) is 2. The number of aromatic nitrogens is 6. The lowest BCUT2D eigenvalue weighted by molar-refractivity contribution is 0.0946. The summed E-state index contributed by atoms with van der Waals surface area (Å²) in [6, 6.07) is 15.4. The van der Waals surface area contributed by atoms with E-state index in [0.29, 0.717) is 24.7 Å². The number of amides is 1. The van der Waals surface area contributed by atoms with Crippen molar-refractivity contribution in [1.82, 2.24) is 34.2 Å². The fourth-order valence-corrected chi connectivity index (χ4v) is 3.36. The third kappa shape index (κ3) is 4.04. The SMILES string of the molecule is O=C(NCc1cccnc1)c1cn(-c2nc(CNc3ccccn3)c3ccccn23)cn1. The summed E-state index contributed by atoms with van der Waals surface area (Å²) in [4.78, 5) is 30.0. The monoisotopic (exact) mass is 424 g/mol.